The van der Waals surface area contributed by atoms with E-state index in [1.54, 1.807) is 6.92 Å². The van der Waals surface area contributed by atoms with Gasteiger partial charge < -0.3 is 14.8 Å². The SMILES string of the molecule is COC(CNc1c(F)ccc(C)c1F)OC. The van der Waals surface area contributed by atoms with Crippen LogP contribution in [0.25, 0.3) is 0 Å². The zero-order chi connectivity index (χ0) is 12.1. The van der Waals surface area contributed by atoms with E-state index in [4.69, 9.17) is 9.47 Å². The van der Waals surface area contributed by atoms with Crippen molar-refractivity contribution in [2.45, 2.75) is 13.2 Å². The lowest BCUT2D eigenvalue weighted by atomic mass is 10.2. The smallest absolute Gasteiger partial charge is 0.173 e. The number of hydrogen-bond donors (Lipinski definition) is 1. The quantitative estimate of drug-likeness (QED) is 0.789. The van der Waals surface area contributed by atoms with Gasteiger partial charge in [-0.1, -0.05) is 6.07 Å². The van der Waals surface area contributed by atoms with E-state index in [9.17, 15) is 8.78 Å². The van der Waals surface area contributed by atoms with Gasteiger partial charge in [-0.05, 0) is 18.6 Å². The monoisotopic (exact) mass is 231 g/mol. The summed E-state index contributed by atoms with van der Waals surface area (Å²) in [4.78, 5) is 0. The van der Waals surface area contributed by atoms with Gasteiger partial charge in [0.2, 0.25) is 0 Å². The van der Waals surface area contributed by atoms with E-state index in [0.717, 1.165) is 0 Å². The molecule has 0 bridgehead atoms. The van der Waals surface area contributed by atoms with E-state index in [0.29, 0.717) is 5.56 Å². The Morgan fingerprint density at radius 3 is 2.44 bits per heavy atom. The second-order valence-corrected chi connectivity index (χ2v) is 3.34. The molecule has 0 aliphatic carbocycles. The van der Waals surface area contributed by atoms with Crippen molar-refractivity contribution in [2.24, 2.45) is 0 Å². The van der Waals surface area contributed by atoms with E-state index in [2.05, 4.69) is 5.32 Å². The standard InChI is InChI=1S/C11H15F2NO2/c1-7-4-5-8(12)11(10(7)13)14-6-9(15-2)16-3/h4-5,9,14H,6H2,1-3H3. The average Bonchev–Trinajstić information content (AvgIpc) is 2.29. The minimum absolute atomic E-state index is 0.154. The topological polar surface area (TPSA) is 30.5 Å². The molecule has 1 rings (SSSR count). The molecule has 0 heterocycles. The van der Waals surface area contributed by atoms with Crippen LogP contribution in [0.2, 0.25) is 0 Å². The average molecular weight is 231 g/mol. The van der Waals surface area contributed by atoms with E-state index in [1.165, 1.54) is 26.4 Å². The van der Waals surface area contributed by atoms with Gasteiger partial charge in [-0.25, -0.2) is 8.78 Å². The molecular weight excluding hydrogens is 216 g/mol. The van der Waals surface area contributed by atoms with Crippen LogP contribution in [-0.4, -0.2) is 27.1 Å². The maximum absolute atomic E-state index is 13.5. The highest BCUT2D eigenvalue weighted by Crippen LogP contribution is 2.21. The molecule has 0 saturated carbocycles. The Balaban J connectivity index is 2.77. The van der Waals surface area contributed by atoms with Crippen LogP contribution in [0, 0.1) is 18.6 Å². The lowest BCUT2D eigenvalue weighted by Gasteiger charge is -2.16. The van der Waals surface area contributed by atoms with Gasteiger partial charge in [-0.2, -0.15) is 0 Å². The van der Waals surface area contributed by atoms with Crippen LogP contribution in [0.3, 0.4) is 0 Å². The first-order chi connectivity index (χ1) is 7.60. The number of nitrogens with one attached hydrogen (secondary N) is 1. The fourth-order valence-electron chi connectivity index (χ4n) is 1.27. The third-order valence-corrected chi connectivity index (χ3v) is 2.26. The van der Waals surface area contributed by atoms with E-state index >= 15 is 0 Å². The second kappa shape index (κ2) is 5.77. The van der Waals surface area contributed by atoms with Crippen LogP contribution in [0.1, 0.15) is 5.56 Å². The summed E-state index contributed by atoms with van der Waals surface area (Å²) in [5.74, 6) is -1.22. The third kappa shape index (κ3) is 2.90. The van der Waals surface area contributed by atoms with Crippen LogP contribution >= 0.6 is 0 Å². The molecule has 90 valence electrons. The molecular formula is C11H15F2NO2. The Labute approximate surface area is 93.4 Å². The summed E-state index contributed by atoms with van der Waals surface area (Å²) in [6.07, 6.45) is -0.542. The van der Waals surface area contributed by atoms with E-state index in [-0.39, 0.29) is 12.2 Å². The maximum Gasteiger partial charge on any atom is 0.173 e. The van der Waals surface area contributed by atoms with Gasteiger partial charge in [0.1, 0.15) is 11.5 Å². The summed E-state index contributed by atoms with van der Waals surface area (Å²) in [6, 6.07) is 2.61. The predicted octanol–water partition coefficient (Wildman–Crippen LogP) is 2.30. The van der Waals surface area contributed by atoms with Crippen molar-refractivity contribution in [3.05, 3.63) is 29.3 Å². The summed E-state index contributed by atoms with van der Waals surface area (Å²) in [5, 5.41) is 2.62. The summed E-state index contributed by atoms with van der Waals surface area (Å²) >= 11 is 0. The van der Waals surface area contributed by atoms with Gasteiger partial charge >= 0.3 is 0 Å². The number of rotatable bonds is 5. The molecule has 1 aromatic carbocycles. The summed E-state index contributed by atoms with van der Waals surface area (Å²) in [5.41, 5.74) is 0.231. The Hall–Kier alpha value is -1.20. The molecule has 0 atom stereocenters. The molecule has 5 heteroatoms. The Morgan fingerprint density at radius 1 is 1.25 bits per heavy atom. The Kier molecular flexibility index (Phi) is 4.64. The molecule has 0 radical (unpaired) electrons. The van der Waals surface area contributed by atoms with Crippen molar-refractivity contribution >= 4 is 5.69 Å². The number of methoxy groups -OCH3 is 2. The zero-order valence-electron chi connectivity index (χ0n) is 9.51. The first kappa shape index (κ1) is 12.9. The van der Waals surface area contributed by atoms with Crippen LogP contribution in [0.5, 0.6) is 0 Å². The molecule has 1 aromatic rings. The highest BCUT2D eigenvalue weighted by Gasteiger charge is 2.13. The molecule has 0 fully saturated rings. The summed E-state index contributed by atoms with van der Waals surface area (Å²) in [6.45, 7) is 1.74. The number of hydrogen-bond acceptors (Lipinski definition) is 3. The van der Waals surface area contributed by atoms with Crippen LogP contribution in [-0.2, 0) is 9.47 Å². The zero-order valence-corrected chi connectivity index (χ0v) is 9.51. The fraction of sp³-hybridized carbons (Fsp3) is 0.455. The molecule has 3 nitrogen and oxygen atoms in total. The highest BCUT2D eigenvalue weighted by atomic mass is 19.1. The van der Waals surface area contributed by atoms with Crippen molar-refractivity contribution < 1.29 is 18.3 Å². The summed E-state index contributed by atoms with van der Waals surface area (Å²) in [7, 11) is 2.91. The molecule has 0 aliphatic rings. The van der Waals surface area contributed by atoms with Crippen molar-refractivity contribution in [1.29, 1.82) is 0 Å². The molecule has 0 amide bonds. The first-order valence-corrected chi connectivity index (χ1v) is 4.84. The first-order valence-electron chi connectivity index (χ1n) is 4.84. The second-order valence-electron chi connectivity index (χ2n) is 3.34. The maximum atomic E-state index is 13.5. The largest absolute Gasteiger partial charge is 0.375 e. The minimum atomic E-state index is -0.631. The lowest BCUT2D eigenvalue weighted by molar-refractivity contribution is -0.0914. The molecule has 16 heavy (non-hydrogen) atoms. The van der Waals surface area contributed by atoms with Crippen molar-refractivity contribution in [1.82, 2.24) is 0 Å². The Bertz CT molecular complexity index is 354. The van der Waals surface area contributed by atoms with Crippen LogP contribution in [0.4, 0.5) is 14.5 Å². The van der Waals surface area contributed by atoms with Crippen LogP contribution < -0.4 is 5.32 Å². The molecule has 0 unspecified atom stereocenters. The highest BCUT2D eigenvalue weighted by molar-refractivity contribution is 5.48. The van der Waals surface area contributed by atoms with Crippen molar-refractivity contribution in [2.75, 3.05) is 26.1 Å². The van der Waals surface area contributed by atoms with Gasteiger partial charge in [-0.3, -0.25) is 0 Å². The number of benzene rings is 1. The number of halogens is 2. The number of ether oxygens (including phenoxy) is 2. The minimum Gasteiger partial charge on any atom is -0.375 e. The fourth-order valence-corrected chi connectivity index (χ4v) is 1.27. The normalized spacial score (nSPS) is 10.9. The molecule has 0 spiro atoms. The van der Waals surface area contributed by atoms with Gasteiger partial charge in [0, 0.05) is 14.2 Å². The number of anilines is 1. The molecule has 0 aromatic heterocycles. The van der Waals surface area contributed by atoms with Crippen molar-refractivity contribution in [3.63, 3.8) is 0 Å². The number of aryl methyl sites for hydroxylation is 1. The van der Waals surface area contributed by atoms with Crippen LogP contribution in [0.15, 0.2) is 12.1 Å². The van der Waals surface area contributed by atoms with Gasteiger partial charge in [0.05, 0.1) is 6.54 Å². The Morgan fingerprint density at radius 2 is 1.88 bits per heavy atom. The van der Waals surface area contributed by atoms with Gasteiger partial charge in [-0.15, -0.1) is 0 Å². The lowest BCUT2D eigenvalue weighted by Crippen LogP contribution is -2.24. The molecule has 0 aliphatic heterocycles. The third-order valence-electron chi connectivity index (χ3n) is 2.26. The predicted molar refractivity (Wildman–Crippen MR) is 57.4 cm³/mol. The van der Waals surface area contributed by atoms with E-state index in [1.807, 2.05) is 0 Å². The van der Waals surface area contributed by atoms with Gasteiger partial charge in [0.15, 0.2) is 12.1 Å². The molecule has 1 N–H and O–H groups in total. The van der Waals surface area contributed by atoms with Crippen molar-refractivity contribution in [3.8, 4) is 0 Å². The summed E-state index contributed by atoms with van der Waals surface area (Å²) < 4.78 is 36.6. The van der Waals surface area contributed by atoms with E-state index < -0.39 is 17.9 Å². The molecule has 0 saturated heterocycles. The van der Waals surface area contributed by atoms with Gasteiger partial charge in [0.25, 0.3) is 0 Å².